The summed E-state index contributed by atoms with van der Waals surface area (Å²) in [5.74, 6) is -0.714. The maximum Gasteiger partial charge on any atom is 0.435 e. The molecule has 1 N–H and O–H groups in total. The first-order chi connectivity index (χ1) is 15.7. The minimum atomic E-state index is -4.64. The van der Waals surface area contributed by atoms with Gasteiger partial charge in [-0.3, -0.25) is 0 Å². The molecular weight excluding hydrogens is 457 g/mol. The van der Waals surface area contributed by atoms with Crippen LogP contribution in [0.1, 0.15) is 21.7 Å². The molecule has 1 heterocycles. The molecule has 0 aliphatic heterocycles. The van der Waals surface area contributed by atoms with Crippen LogP contribution >= 0.6 is 11.6 Å². The lowest BCUT2D eigenvalue weighted by Gasteiger charge is -2.12. The van der Waals surface area contributed by atoms with E-state index in [0.717, 1.165) is 10.7 Å². The van der Waals surface area contributed by atoms with Crippen LogP contribution in [0.5, 0.6) is 5.75 Å². The Kier molecular flexibility index (Phi) is 6.11. The number of ether oxygens (including phenoxy) is 1. The van der Waals surface area contributed by atoms with Gasteiger partial charge in [0.25, 0.3) is 0 Å². The van der Waals surface area contributed by atoms with Crippen LogP contribution < -0.4 is 4.74 Å². The summed E-state index contributed by atoms with van der Waals surface area (Å²) >= 11 is 6.17. The van der Waals surface area contributed by atoms with Crippen LogP contribution in [0.2, 0.25) is 5.02 Å². The van der Waals surface area contributed by atoms with E-state index in [9.17, 15) is 23.1 Å². The van der Waals surface area contributed by atoms with Gasteiger partial charge < -0.3 is 9.84 Å². The van der Waals surface area contributed by atoms with Crippen molar-refractivity contribution >= 4 is 17.6 Å². The van der Waals surface area contributed by atoms with Gasteiger partial charge in [0.05, 0.1) is 22.0 Å². The van der Waals surface area contributed by atoms with E-state index >= 15 is 0 Å². The predicted octanol–water partition coefficient (Wildman–Crippen LogP) is 6.49. The summed E-state index contributed by atoms with van der Waals surface area (Å²) < 4.78 is 46.8. The summed E-state index contributed by atoms with van der Waals surface area (Å²) in [4.78, 5) is 11.5. The highest BCUT2D eigenvalue weighted by atomic mass is 35.5. The highest BCUT2D eigenvalue weighted by Gasteiger charge is 2.35. The van der Waals surface area contributed by atoms with E-state index in [-0.39, 0.29) is 28.6 Å². The van der Waals surface area contributed by atoms with Gasteiger partial charge in [0.1, 0.15) is 12.4 Å². The van der Waals surface area contributed by atoms with E-state index < -0.39 is 17.8 Å². The molecule has 0 bridgehead atoms. The Balaban J connectivity index is 1.66. The Morgan fingerprint density at radius 3 is 2.45 bits per heavy atom. The molecular formula is C24H16ClF3N2O3. The molecule has 0 spiro atoms. The summed E-state index contributed by atoms with van der Waals surface area (Å²) in [7, 11) is 0. The van der Waals surface area contributed by atoms with Gasteiger partial charge in [-0.15, -0.1) is 0 Å². The van der Waals surface area contributed by atoms with Gasteiger partial charge >= 0.3 is 12.1 Å². The number of carbonyl (C=O) groups is 1. The fourth-order valence-corrected chi connectivity index (χ4v) is 3.54. The van der Waals surface area contributed by atoms with Crippen molar-refractivity contribution in [2.45, 2.75) is 12.8 Å². The highest BCUT2D eigenvalue weighted by Crippen LogP contribution is 2.32. The van der Waals surface area contributed by atoms with E-state index in [1.54, 1.807) is 66.7 Å². The van der Waals surface area contributed by atoms with E-state index in [1.807, 2.05) is 0 Å². The molecule has 0 unspecified atom stereocenters. The number of carboxylic acid groups (broad SMARTS) is 1. The second-order valence-corrected chi connectivity index (χ2v) is 7.46. The molecule has 0 amide bonds. The van der Waals surface area contributed by atoms with Crippen molar-refractivity contribution in [3.05, 3.63) is 101 Å². The molecule has 4 rings (SSSR count). The van der Waals surface area contributed by atoms with Crippen LogP contribution in [0.25, 0.3) is 16.8 Å². The van der Waals surface area contributed by atoms with Crippen LogP contribution in [-0.4, -0.2) is 20.9 Å². The SMILES string of the molecule is O=C(O)c1ccccc1-c1cccc(OCc2cc(C(F)(F)F)nn2-c2ccccc2Cl)c1. The number of para-hydroxylation sites is 1. The smallest absolute Gasteiger partial charge is 0.435 e. The maximum absolute atomic E-state index is 13.3. The molecule has 0 aliphatic rings. The van der Waals surface area contributed by atoms with E-state index in [2.05, 4.69) is 5.10 Å². The van der Waals surface area contributed by atoms with Gasteiger partial charge in [0.2, 0.25) is 0 Å². The lowest BCUT2D eigenvalue weighted by Crippen LogP contribution is -2.08. The topological polar surface area (TPSA) is 64.3 Å². The van der Waals surface area contributed by atoms with Crippen molar-refractivity contribution in [1.29, 1.82) is 0 Å². The molecule has 0 atom stereocenters. The van der Waals surface area contributed by atoms with Crippen LogP contribution in [0.4, 0.5) is 13.2 Å². The minimum Gasteiger partial charge on any atom is -0.487 e. The molecule has 9 heteroatoms. The summed E-state index contributed by atoms with van der Waals surface area (Å²) in [5.41, 5.74) is 0.590. The normalized spacial score (nSPS) is 11.4. The van der Waals surface area contributed by atoms with Crippen molar-refractivity contribution < 1.29 is 27.8 Å². The largest absolute Gasteiger partial charge is 0.487 e. The standard InChI is InChI=1S/C24H16ClF3N2O3/c25-20-10-3-4-11-21(20)30-16(13-22(29-30)24(26,27)28)14-33-17-7-5-6-15(12-17)18-8-1-2-9-19(18)23(31)32/h1-13H,14H2,(H,31,32). The lowest BCUT2D eigenvalue weighted by atomic mass is 10.00. The van der Waals surface area contributed by atoms with Crippen molar-refractivity contribution in [2.24, 2.45) is 0 Å². The Labute approximate surface area is 191 Å². The average Bonchev–Trinajstić information content (AvgIpc) is 3.23. The number of aromatic nitrogens is 2. The van der Waals surface area contributed by atoms with Crippen LogP contribution in [-0.2, 0) is 12.8 Å². The second kappa shape index (κ2) is 8.99. The third-order valence-corrected chi connectivity index (χ3v) is 5.16. The van der Waals surface area contributed by atoms with Crippen molar-refractivity contribution in [3.8, 4) is 22.6 Å². The van der Waals surface area contributed by atoms with E-state index in [1.165, 1.54) is 6.07 Å². The Bertz CT molecular complexity index is 1320. The first kappa shape index (κ1) is 22.4. The molecule has 0 aliphatic carbocycles. The molecule has 4 aromatic rings. The van der Waals surface area contributed by atoms with Gasteiger partial charge in [-0.2, -0.15) is 18.3 Å². The Morgan fingerprint density at radius 1 is 1.00 bits per heavy atom. The molecule has 0 radical (unpaired) electrons. The average molecular weight is 473 g/mol. The Hall–Kier alpha value is -3.78. The maximum atomic E-state index is 13.3. The number of hydrogen-bond donors (Lipinski definition) is 1. The van der Waals surface area contributed by atoms with Crippen molar-refractivity contribution in [2.75, 3.05) is 0 Å². The molecule has 3 aromatic carbocycles. The van der Waals surface area contributed by atoms with Crippen molar-refractivity contribution in [3.63, 3.8) is 0 Å². The number of benzene rings is 3. The monoisotopic (exact) mass is 472 g/mol. The predicted molar refractivity (Wildman–Crippen MR) is 117 cm³/mol. The van der Waals surface area contributed by atoms with Gasteiger partial charge in [0, 0.05) is 0 Å². The first-order valence-corrected chi connectivity index (χ1v) is 10.1. The quantitative estimate of drug-likeness (QED) is 0.348. The molecule has 5 nitrogen and oxygen atoms in total. The van der Waals surface area contributed by atoms with Gasteiger partial charge in [-0.1, -0.05) is 54.1 Å². The first-order valence-electron chi connectivity index (χ1n) is 9.70. The molecule has 168 valence electrons. The summed E-state index contributed by atoms with van der Waals surface area (Å²) in [6.45, 7) is -0.224. The highest BCUT2D eigenvalue weighted by molar-refractivity contribution is 6.32. The summed E-state index contributed by atoms with van der Waals surface area (Å²) in [6, 6.07) is 20.5. The van der Waals surface area contributed by atoms with E-state index in [4.69, 9.17) is 16.3 Å². The van der Waals surface area contributed by atoms with E-state index in [0.29, 0.717) is 16.9 Å². The number of aromatic carboxylic acids is 1. The summed E-state index contributed by atoms with van der Waals surface area (Å²) in [6.07, 6.45) is -4.64. The van der Waals surface area contributed by atoms with Crippen LogP contribution in [0.15, 0.2) is 78.9 Å². The van der Waals surface area contributed by atoms with Gasteiger partial charge in [0.15, 0.2) is 5.69 Å². The molecule has 0 saturated heterocycles. The zero-order chi connectivity index (χ0) is 23.6. The molecule has 0 fully saturated rings. The number of carboxylic acids is 1. The van der Waals surface area contributed by atoms with Gasteiger partial charge in [-0.25, -0.2) is 9.48 Å². The number of hydrogen-bond acceptors (Lipinski definition) is 3. The summed E-state index contributed by atoms with van der Waals surface area (Å²) in [5, 5.41) is 13.4. The third-order valence-electron chi connectivity index (χ3n) is 4.84. The Morgan fingerprint density at radius 2 is 1.73 bits per heavy atom. The fraction of sp³-hybridized carbons (Fsp3) is 0.0833. The van der Waals surface area contributed by atoms with Crippen LogP contribution in [0.3, 0.4) is 0 Å². The minimum absolute atomic E-state index is 0.126. The number of halogens is 4. The number of nitrogens with zero attached hydrogens (tertiary/aromatic N) is 2. The zero-order valence-corrected chi connectivity index (χ0v) is 17.6. The fourth-order valence-electron chi connectivity index (χ4n) is 3.33. The number of rotatable bonds is 6. The van der Waals surface area contributed by atoms with Crippen molar-refractivity contribution in [1.82, 2.24) is 9.78 Å². The van der Waals surface area contributed by atoms with Crippen LogP contribution in [0, 0.1) is 0 Å². The molecule has 1 aromatic heterocycles. The number of alkyl halides is 3. The van der Waals surface area contributed by atoms with Gasteiger partial charge in [-0.05, 0) is 47.5 Å². The lowest BCUT2D eigenvalue weighted by molar-refractivity contribution is -0.141. The third kappa shape index (κ3) is 4.85. The zero-order valence-electron chi connectivity index (χ0n) is 16.9. The molecule has 33 heavy (non-hydrogen) atoms. The second-order valence-electron chi connectivity index (χ2n) is 7.05. The molecule has 0 saturated carbocycles.